The first-order valence-electron chi connectivity index (χ1n) is 4.67. The quantitative estimate of drug-likeness (QED) is 0.502. The van der Waals surface area contributed by atoms with Crippen molar-refractivity contribution in [2.75, 3.05) is 0 Å². The monoisotopic (exact) mass is 196 g/mol. The Kier molecular flexibility index (Phi) is 2.99. The first kappa shape index (κ1) is 10.8. The fourth-order valence-corrected chi connectivity index (χ4v) is 1.17. The van der Waals surface area contributed by atoms with Crippen molar-refractivity contribution < 1.29 is 14.3 Å². The molecule has 3 heteroatoms. The lowest BCUT2D eigenvalue weighted by atomic mass is 9.97. The van der Waals surface area contributed by atoms with Crippen LogP contribution in [0.3, 0.4) is 0 Å². The second-order valence-corrected chi connectivity index (χ2v) is 3.81. The summed E-state index contributed by atoms with van der Waals surface area (Å²) in [7, 11) is 0. The summed E-state index contributed by atoms with van der Waals surface area (Å²) in [5, 5.41) is 0. The van der Waals surface area contributed by atoms with Crippen molar-refractivity contribution in [1.82, 2.24) is 0 Å². The summed E-state index contributed by atoms with van der Waals surface area (Å²) in [4.78, 5) is 11.3. The molecule has 0 saturated carbocycles. The molecule has 0 saturated heterocycles. The van der Waals surface area contributed by atoms with Crippen LogP contribution in [0.1, 0.15) is 27.2 Å². The van der Waals surface area contributed by atoms with Crippen molar-refractivity contribution >= 4 is 5.97 Å². The predicted octanol–water partition coefficient (Wildman–Crippen LogP) is 2.39. The van der Waals surface area contributed by atoms with E-state index in [2.05, 4.69) is 6.58 Å². The SMILES string of the molecule is C=C(C)C(=O)OC1(C)OC=CCC1C. The molecule has 1 aliphatic rings. The third-order valence-corrected chi connectivity index (χ3v) is 2.43. The topological polar surface area (TPSA) is 35.5 Å². The Morgan fingerprint density at radius 3 is 2.86 bits per heavy atom. The fourth-order valence-electron chi connectivity index (χ4n) is 1.17. The van der Waals surface area contributed by atoms with E-state index >= 15 is 0 Å². The van der Waals surface area contributed by atoms with Gasteiger partial charge in [-0.15, -0.1) is 0 Å². The lowest BCUT2D eigenvalue weighted by Gasteiger charge is -2.36. The molecule has 14 heavy (non-hydrogen) atoms. The van der Waals surface area contributed by atoms with Crippen LogP contribution in [0, 0.1) is 5.92 Å². The van der Waals surface area contributed by atoms with E-state index in [4.69, 9.17) is 9.47 Å². The molecule has 0 aromatic heterocycles. The van der Waals surface area contributed by atoms with E-state index in [0.717, 1.165) is 6.42 Å². The first-order chi connectivity index (χ1) is 6.46. The van der Waals surface area contributed by atoms with E-state index in [1.54, 1.807) is 20.1 Å². The Labute approximate surface area is 84.4 Å². The van der Waals surface area contributed by atoms with E-state index in [1.165, 1.54) is 0 Å². The van der Waals surface area contributed by atoms with Gasteiger partial charge in [0.1, 0.15) is 0 Å². The lowest BCUT2D eigenvalue weighted by molar-refractivity contribution is -0.223. The van der Waals surface area contributed by atoms with Crippen LogP contribution in [0.5, 0.6) is 0 Å². The fraction of sp³-hybridized carbons (Fsp3) is 0.545. The molecule has 0 aromatic rings. The summed E-state index contributed by atoms with van der Waals surface area (Å²) in [6.45, 7) is 8.90. The number of carbonyl (C=O) groups is 1. The van der Waals surface area contributed by atoms with Gasteiger partial charge in [-0.25, -0.2) is 4.79 Å². The Hall–Kier alpha value is -1.25. The minimum absolute atomic E-state index is 0.149. The molecule has 2 unspecified atom stereocenters. The van der Waals surface area contributed by atoms with Crippen LogP contribution in [0.15, 0.2) is 24.5 Å². The van der Waals surface area contributed by atoms with Crippen molar-refractivity contribution in [2.45, 2.75) is 33.0 Å². The maximum atomic E-state index is 11.3. The molecule has 0 spiro atoms. The molecule has 1 heterocycles. The summed E-state index contributed by atoms with van der Waals surface area (Å²) >= 11 is 0. The van der Waals surface area contributed by atoms with Crippen LogP contribution < -0.4 is 0 Å². The maximum absolute atomic E-state index is 11.3. The smallest absolute Gasteiger partial charge is 0.336 e. The Morgan fingerprint density at radius 1 is 1.71 bits per heavy atom. The largest absolute Gasteiger partial charge is 0.460 e. The van der Waals surface area contributed by atoms with Crippen molar-refractivity contribution in [2.24, 2.45) is 5.92 Å². The molecule has 0 amide bonds. The van der Waals surface area contributed by atoms with Crippen molar-refractivity contribution in [3.05, 3.63) is 24.5 Å². The van der Waals surface area contributed by atoms with Crippen molar-refractivity contribution in [3.8, 4) is 0 Å². The average molecular weight is 196 g/mol. The molecule has 1 aliphatic heterocycles. The van der Waals surface area contributed by atoms with Crippen LogP contribution >= 0.6 is 0 Å². The van der Waals surface area contributed by atoms with Gasteiger partial charge in [-0.05, 0) is 19.4 Å². The van der Waals surface area contributed by atoms with Gasteiger partial charge >= 0.3 is 5.97 Å². The van der Waals surface area contributed by atoms with Gasteiger partial charge in [-0.3, -0.25) is 0 Å². The Bertz CT molecular complexity index is 280. The molecule has 0 fully saturated rings. The van der Waals surface area contributed by atoms with Crippen LogP contribution in [0.4, 0.5) is 0 Å². The van der Waals surface area contributed by atoms with E-state index in [9.17, 15) is 4.79 Å². The molecule has 0 N–H and O–H groups in total. The molecule has 0 radical (unpaired) electrons. The number of allylic oxidation sites excluding steroid dienone is 1. The summed E-state index contributed by atoms with van der Waals surface area (Å²) < 4.78 is 10.6. The number of carbonyl (C=O) groups excluding carboxylic acids is 1. The number of hydrogen-bond donors (Lipinski definition) is 0. The minimum Gasteiger partial charge on any atom is -0.460 e. The third-order valence-electron chi connectivity index (χ3n) is 2.43. The summed E-state index contributed by atoms with van der Waals surface area (Å²) in [5.74, 6) is -1.12. The van der Waals surface area contributed by atoms with Crippen molar-refractivity contribution in [3.63, 3.8) is 0 Å². The number of rotatable bonds is 2. The molecule has 78 valence electrons. The van der Waals surface area contributed by atoms with Gasteiger partial charge in [0.2, 0.25) is 0 Å². The van der Waals surface area contributed by atoms with Crippen LogP contribution in [-0.4, -0.2) is 11.8 Å². The van der Waals surface area contributed by atoms with Gasteiger partial charge in [0.25, 0.3) is 5.79 Å². The van der Waals surface area contributed by atoms with Crippen LogP contribution in [0.2, 0.25) is 0 Å². The molecule has 1 rings (SSSR count). The van der Waals surface area contributed by atoms with Crippen molar-refractivity contribution in [1.29, 1.82) is 0 Å². The minimum atomic E-state index is -0.856. The zero-order chi connectivity index (χ0) is 10.8. The molecule has 0 aromatic carbocycles. The highest BCUT2D eigenvalue weighted by Gasteiger charge is 2.37. The van der Waals surface area contributed by atoms with E-state index in [1.807, 2.05) is 13.0 Å². The summed E-state index contributed by atoms with van der Waals surface area (Å²) in [5.41, 5.74) is 0.386. The molecule has 0 aliphatic carbocycles. The zero-order valence-corrected chi connectivity index (χ0v) is 8.87. The lowest BCUT2D eigenvalue weighted by Crippen LogP contribution is -2.41. The van der Waals surface area contributed by atoms with Crippen LogP contribution in [0.25, 0.3) is 0 Å². The van der Waals surface area contributed by atoms with Gasteiger partial charge in [-0.2, -0.15) is 0 Å². The highest BCUT2D eigenvalue weighted by Crippen LogP contribution is 2.30. The standard InChI is InChI=1S/C11H16O3/c1-8(2)10(12)14-11(4)9(3)6-5-7-13-11/h5,7,9H,1,6H2,2-4H3. The summed E-state index contributed by atoms with van der Waals surface area (Å²) in [6, 6.07) is 0. The second-order valence-electron chi connectivity index (χ2n) is 3.81. The van der Waals surface area contributed by atoms with Gasteiger partial charge in [-0.1, -0.05) is 13.5 Å². The Morgan fingerprint density at radius 2 is 2.36 bits per heavy atom. The van der Waals surface area contributed by atoms with Gasteiger partial charge < -0.3 is 9.47 Å². The van der Waals surface area contributed by atoms with Gasteiger partial charge in [0.15, 0.2) is 0 Å². The molecule has 2 atom stereocenters. The van der Waals surface area contributed by atoms with E-state index in [-0.39, 0.29) is 5.92 Å². The molecular formula is C11H16O3. The van der Waals surface area contributed by atoms with Crippen LogP contribution in [-0.2, 0) is 14.3 Å². The Balaban J connectivity index is 2.70. The van der Waals surface area contributed by atoms with Gasteiger partial charge in [0.05, 0.1) is 6.26 Å². The highest BCUT2D eigenvalue weighted by atomic mass is 16.7. The molecule has 3 nitrogen and oxygen atoms in total. The highest BCUT2D eigenvalue weighted by molar-refractivity contribution is 5.87. The number of esters is 1. The zero-order valence-electron chi connectivity index (χ0n) is 8.87. The number of ether oxygens (including phenoxy) is 2. The van der Waals surface area contributed by atoms with E-state index in [0.29, 0.717) is 5.57 Å². The van der Waals surface area contributed by atoms with E-state index < -0.39 is 11.8 Å². The molecule has 0 bridgehead atoms. The number of hydrogen-bond acceptors (Lipinski definition) is 3. The molecular weight excluding hydrogens is 180 g/mol. The van der Waals surface area contributed by atoms with Gasteiger partial charge in [0, 0.05) is 18.4 Å². The predicted molar refractivity (Wildman–Crippen MR) is 53.3 cm³/mol. The first-order valence-corrected chi connectivity index (χ1v) is 4.67. The average Bonchev–Trinajstić information content (AvgIpc) is 2.10. The second kappa shape index (κ2) is 3.86. The normalized spacial score (nSPS) is 30.6. The third kappa shape index (κ3) is 2.16. The summed E-state index contributed by atoms with van der Waals surface area (Å²) in [6.07, 6.45) is 4.34. The maximum Gasteiger partial charge on any atom is 0.336 e.